The van der Waals surface area contributed by atoms with Crippen LogP contribution in [0.1, 0.15) is 27.9 Å². The molecule has 352 valence electrons. The van der Waals surface area contributed by atoms with E-state index in [-0.39, 0.29) is 18.9 Å². The summed E-state index contributed by atoms with van der Waals surface area (Å²) in [7, 11) is 1.58. The molecule has 0 amide bonds. The maximum absolute atomic E-state index is 14.3. The van der Waals surface area contributed by atoms with Gasteiger partial charge in [0, 0.05) is 80.4 Å². The summed E-state index contributed by atoms with van der Waals surface area (Å²) in [6.07, 6.45) is -2.85. The Morgan fingerprint density at radius 3 is 2.41 bits per heavy atom. The molecule has 0 saturated carbocycles. The number of halogens is 5. The number of methoxy groups -OCH3 is 1. The molecule has 7 aromatic rings. The number of thiophene rings is 1. The Bertz CT molecular complexity index is 2950. The van der Waals surface area contributed by atoms with E-state index < -0.39 is 30.6 Å². The number of benzene rings is 4. The predicted molar refractivity (Wildman–Crippen MR) is 252 cm³/mol. The Kier molecular flexibility index (Phi) is 13.9. The quantitative estimate of drug-likeness (QED) is 0.124. The van der Waals surface area contributed by atoms with Crippen LogP contribution in [0.25, 0.3) is 43.2 Å². The van der Waals surface area contributed by atoms with Crippen LogP contribution in [0.15, 0.2) is 97.5 Å². The fraction of sp³-hybridized carbons (Fsp3) is 0.300. The Morgan fingerprint density at radius 2 is 1.65 bits per heavy atom. The molecular weight excluding hydrogens is 922 g/mol. The molecule has 4 aromatic carbocycles. The number of hydrogen-bond donors (Lipinski definition) is 1. The standard InChI is InChI=1S/C50H46ClF4N7O5S/c1-30-37-13-10-33(44(30)51)26-62(22-19-60-17-20-61(21-18-60)28-50(53,54)55)25-31-7-14-39(66-27-36-15-16-56-46(59-36)38-5-3-4-6-40(38)65-2)34(23-31)24-41(49(63)64)67-47-43-42(37)45(68-48(43)58-29-57-47)32-8-11-35(52)12-9-32/h3-16,23,29,41H,17-22,24-28H2,1-2H3,(H,63,64)/t41-/m1/s1. The van der Waals surface area contributed by atoms with Crippen molar-refractivity contribution in [2.45, 2.75) is 45.3 Å². The molecule has 6 heterocycles. The predicted octanol–water partition coefficient (Wildman–Crippen LogP) is 9.74. The minimum atomic E-state index is -4.26. The van der Waals surface area contributed by atoms with E-state index >= 15 is 0 Å². The summed E-state index contributed by atoms with van der Waals surface area (Å²) in [4.78, 5) is 38.8. The Hall–Kier alpha value is -6.24. The molecule has 0 unspecified atom stereocenters. The number of aliphatic carboxylic acids is 1. The van der Waals surface area contributed by atoms with Gasteiger partial charge in [-0.15, -0.1) is 11.3 Å². The zero-order valence-corrected chi connectivity index (χ0v) is 38.7. The third kappa shape index (κ3) is 10.6. The van der Waals surface area contributed by atoms with Crippen LogP contribution in [0.2, 0.25) is 5.02 Å². The van der Waals surface area contributed by atoms with Crippen molar-refractivity contribution in [2.75, 3.05) is 52.9 Å². The molecule has 3 aromatic heterocycles. The van der Waals surface area contributed by atoms with E-state index in [1.165, 1.54) is 34.7 Å². The SMILES string of the molecule is COc1ccccc1-c1nccc(COc2ccc3cc2C[C@H](C(=O)O)Oc2ncnc4sc(-c5ccc(F)cc5)c(c24)-c2ccc(c(Cl)c2C)CN(CCN2CCN(CC(F)(F)F)CC2)C3)n1. The number of ether oxygens (including phenoxy) is 3. The van der Waals surface area contributed by atoms with Crippen LogP contribution in [0.4, 0.5) is 17.6 Å². The van der Waals surface area contributed by atoms with Crippen LogP contribution in [-0.4, -0.2) is 111 Å². The van der Waals surface area contributed by atoms with Crippen LogP contribution in [-0.2, 0) is 30.9 Å². The number of aromatic nitrogens is 4. The molecular formula is C50H46ClF4N7O5S. The Morgan fingerprint density at radius 1 is 0.882 bits per heavy atom. The lowest BCUT2D eigenvalue weighted by Crippen LogP contribution is -2.50. The zero-order valence-electron chi connectivity index (χ0n) is 37.1. The third-order valence-corrected chi connectivity index (χ3v) is 13.9. The molecule has 0 aliphatic carbocycles. The van der Waals surface area contributed by atoms with Crippen LogP contribution in [0.3, 0.4) is 0 Å². The summed E-state index contributed by atoms with van der Waals surface area (Å²) < 4.78 is 72.3. The topological polar surface area (TPSA) is 126 Å². The second-order valence-electron chi connectivity index (χ2n) is 16.8. The van der Waals surface area contributed by atoms with E-state index in [2.05, 4.69) is 24.8 Å². The average molecular weight is 968 g/mol. The lowest BCUT2D eigenvalue weighted by molar-refractivity contribution is -0.149. The molecule has 10 rings (SSSR count). The monoisotopic (exact) mass is 967 g/mol. The number of alkyl halides is 3. The maximum Gasteiger partial charge on any atom is 0.401 e. The van der Waals surface area contributed by atoms with Gasteiger partial charge in [0.1, 0.15) is 35.1 Å². The summed E-state index contributed by atoms with van der Waals surface area (Å²) >= 11 is 8.69. The van der Waals surface area contributed by atoms with Crippen LogP contribution in [0, 0.1) is 12.7 Å². The van der Waals surface area contributed by atoms with E-state index in [0.29, 0.717) is 113 Å². The van der Waals surface area contributed by atoms with Gasteiger partial charge in [0.05, 0.1) is 30.3 Å². The molecule has 1 N–H and O–H groups in total. The minimum Gasteiger partial charge on any atom is -0.496 e. The van der Waals surface area contributed by atoms with Crippen LogP contribution < -0.4 is 14.2 Å². The van der Waals surface area contributed by atoms with Gasteiger partial charge in [0.15, 0.2) is 5.82 Å². The Labute approximate surface area is 398 Å². The van der Waals surface area contributed by atoms with Gasteiger partial charge in [-0.05, 0) is 76.7 Å². The summed E-state index contributed by atoms with van der Waals surface area (Å²) in [6.45, 7) is 4.62. The number of hydrogen-bond acceptors (Lipinski definition) is 12. The molecule has 4 bridgehead atoms. The number of para-hydroxylation sites is 1. The van der Waals surface area contributed by atoms with Gasteiger partial charge in [-0.2, -0.15) is 13.2 Å². The highest BCUT2D eigenvalue weighted by molar-refractivity contribution is 7.22. The van der Waals surface area contributed by atoms with E-state index in [4.69, 9.17) is 30.8 Å². The summed E-state index contributed by atoms with van der Waals surface area (Å²) in [5, 5.41) is 11.9. The second-order valence-corrected chi connectivity index (χ2v) is 18.2. The normalized spacial score (nSPS) is 16.2. The van der Waals surface area contributed by atoms with Crippen molar-refractivity contribution in [2.24, 2.45) is 0 Å². The fourth-order valence-corrected chi connectivity index (χ4v) is 10.1. The summed E-state index contributed by atoms with van der Waals surface area (Å²) in [5.41, 5.74) is 6.43. The number of piperazine rings is 1. The van der Waals surface area contributed by atoms with Gasteiger partial charge in [0.2, 0.25) is 12.0 Å². The van der Waals surface area contributed by atoms with E-state index in [1.54, 1.807) is 31.5 Å². The molecule has 1 atom stereocenters. The molecule has 1 saturated heterocycles. The molecule has 0 radical (unpaired) electrons. The molecule has 3 aliphatic heterocycles. The van der Waals surface area contributed by atoms with Gasteiger partial charge >= 0.3 is 12.1 Å². The molecule has 3 aliphatic rings. The van der Waals surface area contributed by atoms with E-state index in [0.717, 1.165) is 27.1 Å². The molecule has 0 spiro atoms. The molecule has 12 nitrogen and oxygen atoms in total. The van der Waals surface area contributed by atoms with Gasteiger partial charge in [-0.25, -0.2) is 29.1 Å². The first-order chi connectivity index (χ1) is 32.8. The molecule has 68 heavy (non-hydrogen) atoms. The number of carbonyl (C=O) groups is 1. The highest BCUT2D eigenvalue weighted by Gasteiger charge is 2.33. The van der Waals surface area contributed by atoms with Crippen molar-refractivity contribution < 1.29 is 41.7 Å². The maximum atomic E-state index is 14.3. The number of rotatable bonds is 11. The number of fused-ring (bicyclic) bond motifs is 6. The summed E-state index contributed by atoms with van der Waals surface area (Å²) in [5.74, 6) is -0.0917. The smallest absolute Gasteiger partial charge is 0.401 e. The van der Waals surface area contributed by atoms with Crippen LogP contribution >= 0.6 is 22.9 Å². The lowest BCUT2D eigenvalue weighted by atomic mass is 9.94. The van der Waals surface area contributed by atoms with Gasteiger partial charge < -0.3 is 19.3 Å². The third-order valence-electron chi connectivity index (χ3n) is 12.2. The lowest BCUT2D eigenvalue weighted by Gasteiger charge is -2.36. The number of carboxylic acids is 1. The second kappa shape index (κ2) is 20.2. The van der Waals surface area contributed by atoms with Gasteiger partial charge in [-0.3, -0.25) is 14.7 Å². The zero-order chi connectivity index (χ0) is 47.5. The number of carboxylic acid groups (broad SMARTS) is 1. The largest absolute Gasteiger partial charge is 0.496 e. The minimum absolute atomic E-state index is 0.0301. The number of nitrogens with zero attached hydrogens (tertiary/aromatic N) is 7. The highest BCUT2D eigenvalue weighted by Crippen LogP contribution is 2.49. The van der Waals surface area contributed by atoms with Crippen molar-refractivity contribution in [3.05, 3.63) is 136 Å². The van der Waals surface area contributed by atoms with E-state index in [1.807, 2.05) is 61.5 Å². The van der Waals surface area contributed by atoms with Crippen molar-refractivity contribution >= 4 is 39.1 Å². The van der Waals surface area contributed by atoms with Crippen molar-refractivity contribution in [1.82, 2.24) is 34.6 Å². The van der Waals surface area contributed by atoms with Crippen LogP contribution in [0.5, 0.6) is 17.4 Å². The molecule has 18 heteroatoms. The highest BCUT2D eigenvalue weighted by atomic mass is 35.5. The Balaban J connectivity index is 1.11. The average Bonchev–Trinajstić information content (AvgIpc) is 3.72. The first-order valence-electron chi connectivity index (χ1n) is 21.9. The van der Waals surface area contributed by atoms with Crippen molar-refractivity contribution in [3.8, 4) is 50.3 Å². The summed E-state index contributed by atoms with van der Waals surface area (Å²) in [6, 6.07) is 24.9. The first kappa shape index (κ1) is 46.9. The fourth-order valence-electron chi connectivity index (χ4n) is 8.74. The van der Waals surface area contributed by atoms with Crippen molar-refractivity contribution in [3.63, 3.8) is 0 Å². The van der Waals surface area contributed by atoms with Gasteiger partial charge in [-0.1, -0.05) is 60.1 Å². The van der Waals surface area contributed by atoms with E-state index in [9.17, 15) is 27.5 Å². The first-order valence-corrected chi connectivity index (χ1v) is 23.1. The van der Waals surface area contributed by atoms with Gasteiger partial charge in [0.25, 0.3) is 0 Å². The van der Waals surface area contributed by atoms with Crippen molar-refractivity contribution in [1.29, 1.82) is 0 Å². The molecule has 1 fully saturated rings.